The third-order valence-electron chi connectivity index (χ3n) is 3.31. The summed E-state index contributed by atoms with van der Waals surface area (Å²) in [5, 5.41) is 0.0396. The number of aromatic nitrogens is 1. The van der Waals surface area contributed by atoms with Crippen molar-refractivity contribution in [3.05, 3.63) is 54.2 Å². The number of methoxy groups -OCH3 is 1. The number of nitrogens with zero attached hydrogens (tertiary/aromatic N) is 2. The fourth-order valence-corrected chi connectivity index (χ4v) is 3.04. The molecule has 124 valence electrons. The van der Waals surface area contributed by atoms with E-state index < -0.39 is 10.0 Å². The molecule has 0 fully saturated rings. The minimum absolute atomic E-state index is 0.0396. The third kappa shape index (κ3) is 5.31. The van der Waals surface area contributed by atoms with Gasteiger partial charge in [0.1, 0.15) is 5.75 Å². The Bertz CT molecular complexity index is 703. The predicted molar refractivity (Wildman–Crippen MR) is 88.8 cm³/mol. The smallest absolute Gasteiger partial charge is 0.258 e. The molecule has 0 saturated heterocycles. The van der Waals surface area contributed by atoms with E-state index in [2.05, 4.69) is 9.71 Å². The van der Waals surface area contributed by atoms with Crippen molar-refractivity contribution in [2.45, 2.75) is 11.6 Å². The Labute approximate surface area is 137 Å². The van der Waals surface area contributed by atoms with Gasteiger partial charge in [-0.05, 0) is 36.9 Å². The van der Waals surface area contributed by atoms with Crippen LogP contribution in [0.5, 0.6) is 5.75 Å². The summed E-state index contributed by atoms with van der Waals surface area (Å²) in [6, 6.07) is 12.6. The van der Waals surface area contributed by atoms with Gasteiger partial charge in [0.25, 0.3) is 10.0 Å². The van der Waals surface area contributed by atoms with Crippen LogP contribution in [0.2, 0.25) is 0 Å². The standard InChI is InChI=1S/C16H21N3O3S/c1-19(13-14-6-8-15(22-2)9-7-14)12-11-18-23(20,21)16-5-3-4-10-17-16/h3-10,18H,11-13H2,1-2H3. The van der Waals surface area contributed by atoms with Gasteiger partial charge in [0.15, 0.2) is 5.03 Å². The fraction of sp³-hybridized carbons (Fsp3) is 0.312. The molecule has 0 bridgehead atoms. The number of nitrogens with one attached hydrogen (secondary N) is 1. The van der Waals surface area contributed by atoms with Crippen LogP contribution in [0.3, 0.4) is 0 Å². The number of ether oxygens (including phenoxy) is 1. The van der Waals surface area contributed by atoms with Crippen molar-refractivity contribution in [3.63, 3.8) is 0 Å². The Balaban J connectivity index is 1.81. The van der Waals surface area contributed by atoms with Gasteiger partial charge in [-0.1, -0.05) is 18.2 Å². The zero-order valence-electron chi connectivity index (χ0n) is 13.3. The SMILES string of the molecule is COc1ccc(CN(C)CCNS(=O)(=O)c2ccccn2)cc1. The quantitative estimate of drug-likeness (QED) is 0.791. The molecule has 0 aliphatic heterocycles. The minimum atomic E-state index is -3.54. The van der Waals surface area contributed by atoms with E-state index in [1.54, 1.807) is 19.2 Å². The van der Waals surface area contributed by atoms with Gasteiger partial charge in [-0.2, -0.15) is 0 Å². The van der Waals surface area contributed by atoms with Gasteiger partial charge in [-0.15, -0.1) is 0 Å². The van der Waals surface area contributed by atoms with E-state index in [9.17, 15) is 8.42 Å². The second-order valence-electron chi connectivity index (χ2n) is 5.15. The van der Waals surface area contributed by atoms with Crippen molar-refractivity contribution in [3.8, 4) is 5.75 Å². The second kappa shape index (κ2) is 8.05. The van der Waals surface area contributed by atoms with Crippen molar-refractivity contribution in [1.82, 2.24) is 14.6 Å². The van der Waals surface area contributed by atoms with Gasteiger partial charge in [0, 0.05) is 25.8 Å². The van der Waals surface area contributed by atoms with Crippen LogP contribution in [0.15, 0.2) is 53.7 Å². The zero-order chi connectivity index (χ0) is 16.7. The lowest BCUT2D eigenvalue weighted by Crippen LogP contribution is -2.33. The summed E-state index contributed by atoms with van der Waals surface area (Å²) in [4.78, 5) is 5.90. The van der Waals surface area contributed by atoms with E-state index in [-0.39, 0.29) is 5.03 Å². The second-order valence-corrected chi connectivity index (χ2v) is 6.87. The van der Waals surface area contributed by atoms with Crippen LogP contribution in [-0.4, -0.2) is 45.5 Å². The summed E-state index contributed by atoms with van der Waals surface area (Å²) in [5.41, 5.74) is 1.14. The number of likely N-dealkylation sites (N-methyl/N-ethyl adjacent to an activating group) is 1. The van der Waals surface area contributed by atoms with Crippen LogP contribution in [0.4, 0.5) is 0 Å². The molecule has 0 amide bonds. The molecule has 2 rings (SSSR count). The van der Waals surface area contributed by atoms with Gasteiger partial charge in [-0.3, -0.25) is 0 Å². The van der Waals surface area contributed by atoms with Gasteiger partial charge in [0.05, 0.1) is 7.11 Å². The van der Waals surface area contributed by atoms with Crippen molar-refractivity contribution in [2.24, 2.45) is 0 Å². The van der Waals surface area contributed by atoms with Crippen LogP contribution in [-0.2, 0) is 16.6 Å². The van der Waals surface area contributed by atoms with E-state index in [0.717, 1.165) is 17.9 Å². The minimum Gasteiger partial charge on any atom is -0.497 e. The van der Waals surface area contributed by atoms with E-state index in [1.807, 2.05) is 36.2 Å². The Morgan fingerprint density at radius 2 is 1.91 bits per heavy atom. The lowest BCUT2D eigenvalue weighted by atomic mass is 10.2. The number of hydrogen-bond acceptors (Lipinski definition) is 5. The highest BCUT2D eigenvalue weighted by Crippen LogP contribution is 2.12. The molecule has 0 aliphatic carbocycles. The molecule has 0 saturated carbocycles. The average Bonchev–Trinajstić information content (AvgIpc) is 2.56. The molecule has 2 aromatic rings. The maximum absolute atomic E-state index is 12.0. The summed E-state index contributed by atoms with van der Waals surface area (Å²) in [6.45, 7) is 1.65. The molecule has 1 N–H and O–H groups in total. The highest BCUT2D eigenvalue weighted by atomic mass is 32.2. The fourth-order valence-electron chi connectivity index (χ4n) is 2.07. The van der Waals surface area contributed by atoms with Gasteiger partial charge < -0.3 is 9.64 Å². The first kappa shape index (κ1) is 17.4. The Hall–Kier alpha value is -1.96. The lowest BCUT2D eigenvalue weighted by Gasteiger charge is -2.17. The first-order valence-electron chi connectivity index (χ1n) is 7.23. The Kier molecular flexibility index (Phi) is 6.09. The molecular formula is C16H21N3O3S. The monoisotopic (exact) mass is 335 g/mol. The maximum Gasteiger partial charge on any atom is 0.258 e. The maximum atomic E-state index is 12.0. The molecular weight excluding hydrogens is 314 g/mol. The van der Waals surface area contributed by atoms with E-state index in [1.165, 1.54) is 12.3 Å². The number of hydrogen-bond donors (Lipinski definition) is 1. The van der Waals surface area contributed by atoms with Gasteiger partial charge >= 0.3 is 0 Å². The average molecular weight is 335 g/mol. The molecule has 0 aliphatic rings. The lowest BCUT2D eigenvalue weighted by molar-refractivity contribution is 0.331. The van der Waals surface area contributed by atoms with Crippen LogP contribution >= 0.6 is 0 Å². The van der Waals surface area contributed by atoms with Crippen molar-refractivity contribution in [1.29, 1.82) is 0 Å². The van der Waals surface area contributed by atoms with Crippen LogP contribution in [0.1, 0.15) is 5.56 Å². The number of rotatable bonds is 8. The summed E-state index contributed by atoms with van der Waals surface area (Å²) in [5.74, 6) is 0.819. The summed E-state index contributed by atoms with van der Waals surface area (Å²) >= 11 is 0. The summed E-state index contributed by atoms with van der Waals surface area (Å²) in [6.07, 6.45) is 1.46. The molecule has 0 unspecified atom stereocenters. The highest BCUT2D eigenvalue weighted by molar-refractivity contribution is 7.89. The van der Waals surface area contributed by atoms with Crippen LogP contribution in [0.25, 0.3) is 0 Å². The van der Waals surface area contributed by atoms with Crippen molar-refractivity contribution in [2.75, 3.05) is 27.2 Å². The highest BCUT2D eigenvalue weighted by Gasteiger charge is 2.14. The number of pyridine rings is 1. The topological polar surface area (TPSA) is 71.5 Å². The van der Waals surface area contributed by atoms with E-state index in [4.69, 9.17) is 4.74 Å². The van der Waals surface area contributed by atoms with Crippen LogP contribution < -0.4 is 9.46 Å². The third-order valence-corrected chi connectivity index (χ3v) is 4.69. The first-order valence-corrected chi connectivity index (χ1v) is 8.72. The normalized spacial score (nSPS) is 11.6. The van der Waals surface area contributed by atoms with Crippen molar-refractivity contribution >= 4 is 10.0 Å². The molecule has 0 radical (unpaired) electrons. The van der Waals surface area contributed by atoms with E-state index in [0.29, 0.717) is 13.1 Å². The molecule has 0 atom stereocenters. The van der Waals surface area contributed by atoms with Crippen LogP contribution in [0, 0.1) is 0 Å². The Morgan fingerprint density at radius 1 is 1.17 bits per heavy atom. The zero-order valence-corrected chi connectivity index (χ0v) is 14.1. The van der Waals surface area contributed by atoms with Gasteiger partial charge in [-0.25, -0.2) is 18.1 Å². The molecule has 6 nitrogen and oxygen atoms in total. The van der Waals surface area contributed by atoms with Gasteiger partial charge in [0.2, 0.25) is 0 Å². The molecule has 1 aromatic carbocycles. The number of sulfonamides is 1. The largest absolute Gasteiger partial charge is 0.497 e. The summed E-state index contributed by atoms with van der Waals surface area (Å²) in [7, 11) is 0.0354. The molecule has 23 heavy (non-hydrogen) atoms. The number of benzene rings is 1. The van der Waals surface area contributed by atoms with E-state index >= 15 is 0 Å². The molecule has 1 heterocycles. The molecule has 0 spiro atoms. The first-order chi connectivity index (χ1) is 11.0. The van der Waals surface area contributed by atoms with Crippen molar-refractivity contribution < 1.29 is 13.2 Å². The summed E-state index contributed by atoms with van der Waals surface area (Å²) < 4.78 is 31.8. The molecule has 1 aromatic heterocycles. The Morgan fingerprint density at radius 3 is 2.52 bits per heavy atom. The molecule has 7 heteroatoms. The predicted octanol–water partition coefficient (Wildman–Crippen LogP) is 1.50.